The molecule has 0 saturated heterocycles. The van der Waals surface area contributed by atoms with E-state index < -0.39 is 66.7 Å². The number of amides is 3. The van der Waals surface area contributed by atoms with Gasteiger partial charge in [-0.15, -0.1) is 0 Å². The van der Waals surface area contributed by atoms with Crippen LogP contribution in [0.15, 0.2) is 4.99 Å². The van der Waals surface area contributed by atoms with Crippen LogP contribution in [0.4, 0.5) is 0 Å². The van der Waals surface area contributed by atoms with E-state index in [0.29, 0.717) is 0 Å². The molecule has 16 nitrogen and oxygen atoms in total. The zero-order chi connectivity index (χ0) is 26.3. The first-order chi connectivity index (χ1) is 15.8. The molecule has 0 spiro atoms. The summed E-state index contributed by atoms with van der Waals surface area (Å²) in [6, 6.07) is -3.91. The standard InChI is InChI=1S/C18H31N7O9/c19-9(3-5-13(27)28)15(31)23-8-12(26)24-10(2-1-7-22-18(20)21)16(32)25-11(17(33)34)4-6-14(29)30/h9-11H,1-8,19H2,(H,23,31)(H,24,26)(H,25,32)(H,27,28)(H,29,30)(H,33,34)(H4,20,21,22). The van der Waals surface area contributed by atoms with Crippen molar-refractivity contribution in [1.29, 1.82) is 0 Å². The Kier molecular flexibility index (Phi) is 14.0. The SMILES string of the molecule is NC(N)=NCCCC(NC(=O)CNC(=O)C(N)CCC(=O)O)C(=O)NC(CCC(=O)O)C(=O)O. The number of carboxylic acid groups (broad SMARTS) is 3. The van der Waals surface area contributed by atoms with Crippen molar-refractivity contribution >= 4 is 41.6 Å². The van der Waals surface area contributed by atoms with Gasteiger partial charge in [0, 0.05) is 19.4 Å². The van der Waals surface area contributed by atoms with Crippen molar-refractivity contribution in [2.45, 2.75) is 56.7 Å². The van der Waals surface area contributed by atoms with E-state index in [9.17, 15) is 33.9 Å². The van der Waals surface area contributed by atoms with Crippen molar-refractivity contribution in [3.05, 3.63) is 0 Å². The summed E-state index contributed by atoms with van der Waals surface area (Å²) in [6.45, 7) is -0.475. The highest BCUT2D eigenvalue weighted by Crippen LogP contribution is 2.03. The van der Waals surface area contributed by atoms with Crippen LogP contribution in [-0.2, 0) is 28.8 Å². The lowest BCUT2D eigenvalue weighted by atomic mass is 10.1. The summed E-state index contributed by atoms with van der Waals surface area (Å²) in [5.74, 6) is -6.50. The van der Waals surface area contributed by atoms with Gasteiger partial charge < -0.3 is 48.5 Å². The van der Waals surface area contributed by atoms with E-state index in [1.54, 1.807) is 0 Å². The number of nitrogens with zero attached hydrogens (tertiary/aromatic N) is 1. The molecule has 3 atom stereocenters. The topological polar surface area (TPSA) is 290 Å². The predicted molar refractivity (Wildman–Crippen MR) is 116 cm³/mol. The van der Waals surface area contributed by atoms with Crippen molar-refractivity contribution in [1.82, 2.24) is 16.0 Å². The summed E-state index contributed by atoms with van der Waals surface area (Å²) in [6.07, 6.45) is -1.17. The Bertz CT molecular complexity index is 784. The Labute approximate surface area is 194 Å². The highest BCUT2D eigenvalue weighted by molar-refractivity contribution is 5.92. The normalized spacial score (nSPS) is 13.0. The molecule has 0 aromatic heterocycles. The summed E-state index contributed by atoms with van der Waals surface area (Å²) in [4.78, 5) is 73.0. The maximum atomic E-state index is 12.6. The fourth-order valence-electron chi connectivity index (χ4n) is 2.52. The van der Waals surface area contributed by atoms with Crippen LogP contribution in [-0.4, -0.2) is 88.1 Å². The number of hydrogen-bond acceptors (Lipinski definition) is 8. The van der Waals surface area contributed by atoms with Gasteiger partial charge in [0.25, 0.3) is 0 Å². The number of carbonyl (C=O) groups excluding carboxylic acids is 3. The van der Waals surface area contributed by atoms with E-state index in [-0.39, 0.29) is 44.6 Å². The number of carboxylic acids is 3. The molecular formula is C18H31N7O9. The van der Waals surface area contributed by atoms with Crippen LogP contribution in [0.3, 0.4) is 0 Å². The summed E-state index contributed by atoms with van der Waals surface area (Å²) >= 11 is 0. The smallest absolute Gasteiger partial charge is 0.326 e. The molecule has 0 heterocycles. The largest absolute Gasteiger partial charge is 0.481 e. The van der Waals surface area contributed by atoms with Crippen LogP contribution in [0.1, 0.15) is 38.5 Å². The average molecular weight is 489 g/mol. The van der Waals surface area contributed by atoms with Crippen LogP contribution in [0.25, 0.3) is 0 Å². The fraction of sp³-hybridized carbons (Fsp3) is 0.611. The minimum absolute atomic E-state index is 0.00824. The van der Waals surface area contributed by atoms with Crippen molar-refractivity contribution in [2.24, 2.45) is 22.2 Å². The van der Waals surface area contributed by atoms with Gasteiger partial charge in [0.1, 0.15) is 12.1 Å². The lowest BCUT2D eigenvalue weighted by Crippen LogP contribution is -2.53. The third-order valence-corrected chi connectivity index (χ3v) is 4.29. The fourth-order valence-corrected chi connectivity index (χ4v) is 2.52. The molecule has 16 heteroatoms. The van der Waals surface area contributed by atoms with Gasteiger partial charge in [-0.05, 0) is 25.7 Å². The summed E-state index contributed by atoms with van der Waals surface area (Å²) in [5, 5.41) is 33.3. The molecule has 0 radical (unpaired) electrons. The molecule has 0 bridgehead atoms. The van der Waals surface area contributed by atoms with E-state index in [2.05, 4.69) is 20.9 Å². The van der Waals surface area contributed by atoms with Gasteiger partial charge >= 0.3 is 17.9 Å². The van der Waals surface area contributed by atoms with Crippen LogP contribution >= 0.6 is 0 Å². The average Bonchev–Trinajstić information content (AvgIpc) is 2.74. The van der Waals surface area contributed by atoms with Gasteiger partial charge in [-0.2, -0.15) is 0 Å². The van der Waals surface area contributed by atoms with Gasteiger partial charge in [-0.25, -0.2) is 4.79 Å². The Morgan fingerprint density at radius 3 is 1.91 bits per heavy atom. The van der Waals surface area contributed by atoms with Crippen LogP contribution in [0.5, 0.6) is 0 Å². The zero-order valence-corrected chi connectivity index (χ0v) is 18.4. The van der Waals surface area contributed by atoms with Crippen molar-refractivity contribution < 1.29 is 44.1 Å². The molecule has 34 heavy (non-hydrogen) atoms. The first-order valence-electron chi connectivity index (χ1n) is 10.2. The quantitative estimate of drug-likeness (QED) is 0.0541. The van der Waals surface area contributed by atoms with Crippen molar-refractivity contribution in [3.63, 3.8) is 0 Å². The van der Waals surface area contributed by atoms with Gasteiger partial charge in [0.05, 0.1) is 12.6 Å². The summed E-state index contributed by atoms with van der Waals surface area (Å²) < 4.78 is 0. The number of guanidine groups is 1. The van der Waals surface area contributed by atoms with E-state index >= 15 is 0 Å². The second-order valence-electron chi connectivity index (χ2n) is 7.16. The highest BCUT2D eigenvalue weighted by Gasteiger charge is 2.27. The van der Waals surface area contributed by atoms with E-state index in [1.807, 2.05) is 0 Å². The highest BCUT2D eigenvalue weighted by atomic mass is 16.4. The molecule has 0 aromatic carbocycles. The van der Waals surface area contributed by atoms with Crippen molar-refractivity contribution in [3.8, 4) is 0 Å². The Morgan fingerprint density at radius 2 is 1.38 bits per heavy atom. The monoisotopic (exact) mass is 489 g/mol. The minimum Gasteiger partial charge on any atom is -0.481 e. The molecule has 0 rings (SSSR count). The maximum Gasteiger partial charge on any atom is 0.326 e. The number of aliphatic carboxylic acids is 3. The number of hydrogen-bond donors (Lipinski definition) is 9. The molecule has 0 saturated carbocycles. The third-order valence-electron chi connectivity index (χ3n) is 4.29. The van der Waals surface area contributed by atoms with Crippen LogP contribution in [0, 0.1) is 0 Å². The molecule has 3 amide bonds. The first-order valence-corrected chi connectivity index (χ1v) is 10.2. The van der Waals surface area contributed by atoms with Crippen LogP contribution < -0.4 is 33.2 Å². The van der Waals surface area contributed by atoms with Gasteiger partial charge in [0.2, 0.25) is 17.7 Å². The second kappa shape index (κ2) is 15.8. The summed E-state index contributed by atoms with van der Waals surface area (Å²) in [7, 11) is 0. The van der Waals surface area contributed by atoms with Gasteiger partial charge in [-0.3, -0.25) is 29.0 Å². The van der Waals surface area contributed by atoms with E-state index in [4.69, 9.17) is 27.4 Å². The van der Waals surface area contributed by atoms with Crippen molar-refractivity contribution in [2.75, 3.05) is 13.1 Å². The first kappa shape index (κ1) is 30.1. The molecule has 0 aromatic rings. The number of rotatable bonds is 17. The lowest BCUT2D eigenvalue weighted by molar-refractivity contribution is -0.143. The molecular weight excluding hydrogens is 458 g/mol. The number of nitrogens with one attached hydrogen (secondary N) is 3. The Balaban J connectivity index is 5.06. The molecule has 0 aliphatic heterocycles. The molecule has 3 unspecified atom stereocenters. The minimum atomic E-state index is -1.51. The number of aliphatic imine (C=N–C) groups is 1. The second-order valence-corrected chi connectivity index (χ2v) is 7.16. The molecule has 0 fully saturated rings. The predicted octanol–water partition coefficient (Wildman–Crippen LogP) is -3.73. The van der Waals surface area contributed by atoms with Crippen LogP contribution in [0.2, 0.25) is 0 Å². The third kappa shape index (κ3) is 14.2. The maximum absolute atomic E-state index is 12.6. The Hall–Kier alpha value is -3.95. The molecule has 12 N–H and O–H groups in total. The molecule has 0 aliphatic carbocycles. The molecule has 192 valence electrons. The van der Waals surface area contributed by atoms with E-state index in [1.165, 1.54) is 0 Å². The van der Waals surface area contributed by atoms with Gasteiger partial charge in [-0.1, -0.05) is 0 Å². The Morgan fingerprint density at radius 1 is 0.794 bits per heavy atom. The zero-order valence-electron chi connectivity index (χ0n) is 18.4. The van der Waals surface area contributed by atoms with Gasteiger partial charge in [0.15, 0.2) is 5.96 Å². The number of carbonyl (C=O) groups is 6. The number of nitrogens with two attached hydrogens (primary N) is 3. The van der Waals surface area contributed by atoms with E-state index in [0.717, 1.165) is 0 Å². The summed E-state index contributed by atoms with van der Waals surface area (Å²) in [5.41, 5.74) is 16.0. The molecule has 0 aliphatic rings. The lowest BCUT2D eigenvalue weighted by Gasteiger charge is -2.21.